The zero-order valence-corrected chi connectivity index (χ0v) is 24.2. The van der Waals surface area contributed by atoms with E-state index in [1.54, 1.807) is 57.6 Å². The number of carbonyl (C=O) groups is 4. The van der Waals surface area contributed by atoms with Crippen LogP contribution in [0.3, 0.4) is 0 Å². The van der Waals surface area contributed by atoms with E-state index in [-0.39, 0.29) is 44.2 Å². The van der Waals surface area contributed by atoms with Crippen LogP contribution in [0.1, 0.15) is 71.4 Å². The van der Waals surface area contributed by atoms with E-state index in [4.69, 9.17) is 5.11 Å². The average Bonchev–Trinajstić information content (AvgIpc) is 3.79. The molecule has 2 aliphatic heterocycles. The number of carbonyl (C=O) groups excluding carboxylic acids is 4. The highest BCUT2D eigenvalue weighted by Gasteiger charge is 2.35. The Bertz CT molecular complexity index is 2070. The van der Waals surface area contributed by atoms with Gasteiger partial charge in [0.05, 0.1) is 46.4 Å². The molecule has 6 heterocycles. The summed E-state index contributed by atoms with van der Waals surface area (Å²) in [7, 11) is 0. The molecule has 4 amide bonds. The van der Waals surface area contributed by atoms with Crippen LogP contribution in [0.15, 0.2) is 85.2 Å². The number of aromatic nitrogens is 6. The first kappa shape index (κ1) is 31.3. The molecule has 0 fully saturated rings. The number of pyridine rings is 2. The molecule has 2 N–H and O–H groups in total. The van der Waals surface area contributed by atoms with Gasteiger partial charge in [-0.2, -0.15) is 0 Å². The third kappa shape index (κ3) is 5.86. The molecule has 0 bridgehead atoms. The van der Waals surface area contributed by atoms with E-state index in [1.165, 1.54) is 4.90 Å². The summed E-state index contributed by atoms with van der Waals surface area (Å²) in [5, 5.41) is 26.9. The first-order valence-corrected chi connectivity index (χ1v) is 13.9. The lowest BCUT2D eigenvalue weighted by Crippen LogP contribution is -2.29. The van der Waals surface area contributed by atoms with Crippen molar-refractivity contribution in [1.82, 2.24) is 39.9 Å². The second-order valence-corrected chi connectivity index (χ2v) is 10.4. The maximum absolute atomic E-state index is 12.4. The molecule has 0 atom stereocenters. The summed E-state index contributed by atoms with van der Waals surface area (Å²) < 4.78 is 3.29. The van der Waals surface area contributed by atoms with Crippen LogP contribution in [0, 0.1) is 13.8 Å². The second kappa shape index (κ2) is 12.9. The van der Waals surface area contributed by atoms with Gasteiger partial charge in [-0.1, -0.05) is 42.1 Å². The Morgan fingerprint density at radius 2 is 1.09 bits per heavy atom. The van der Waals surface area contributed by atoms with Crippen LogP contribution < -0.4 is 5.32 Å². The lowest BCUT2D eigenvalue weighted by Gasteiger charge is -2.11. The summed E-state index contributed by atoms with van der Waals surface area (Å²) in [6.45, 7) is 4.03. The van der Waals surface area contributed by atoms with Crippen molar-refractivity contribution in [2.45, 2.75) is 34.4 Å². The molecule has 232 valence electrons. The molecule has 46 heavy (non-hydrogen) atoms. The monoisotopic (exact) mass is 618 g/mol. The van der Waals surface area contributed by atoms with Crippen molar-refractivity contribution >= 4 is 34.7 Å². The number of imide groups is 2. The van der Waals surface area contributed by atoms with Gasteiger partial charge in [0.25, 0.3) is 23.6 Å². The summed E-state index contributed by atoms with van der Waals surface area (Å²) in [5.41, 5.74) is 6.94. The molecule has 0 unspecified atom stereocenters. The van der Waals surface area contributed by atoms with Crippen molar-refractivity contribution in [3.05, 3.63) is 130 Å². The minimum Gasteiger partial charge on any atom is -0.390 e. The van der Waals surface area contributed by atoms with Gasteiger partial charge >= 0.3 is 0 Å². The molecule has 8 rings (SSSR count). The fraction of sp³-hybridized carbons (Fsp3) is 0.152. The summed E-state index contributed by atoms with van der Waals surface area (Å²) in [6.07, 6.45) is 3.64. The number of hydrogen-bond donors (Lipinski definition) is 2. The van der Waals surface area contributed by atoms with Crippen LogP contribution in [0.2, 0.25) is 0 Å². The molecule has 2 aromatic carbocycles. The second-order valence-electron chi connectivity index (χ2n) is 10.4. The Morgan fingerprint density at radius 3 is 1.57 bits per heavy atom. The van der Waals surface area contributed by atoms with Crippen LogP contribution in [0.4, 0.5) is 0 Å². The van der Waals surface area contributed by atoms with E-state index in [1.807, 2.05) is 50.5 Å². The predicted molar refractivity (Wildman–Crippen MR) is 167 cm³/mol. The molecule has 6 aromatic rings. The van der Waals surface area contributed by atoms with Crippen molar-refractivity contribution in [1.29, 1.82) is 0 Å². The molecule has 0 saturated carbocycles. The molecule has 0 saturated heterocycles. The van der Waals surface area contributed by atoms with Crippen LogP contribution in [0.5, 0.6) is 0 Å². The van der Waals surface area contributed by atoms with E-state index in [9.17, 15) is 19.2 Å². The number of aliphatic hydroxyl groups excluding tert-OH is 1. The summed E-state index contributed by atoms with van der Waals surface area (Å²) >= 11 is 0. The van der Waals surface area contributed by atoms with E-state index >= 15 is 0 Å². The summed E-state index contributed by atoms with van der Waals surface area (Å²) in [6, 6.07) is 21.3. The third-order valence-corrected chi connectivity index (χ3v) is 7.27. The smallest absolute Gasteiger partial charge is 0.261 e. The SMILES string of the molecule is C.Cc1ccn2nnc(CN3C(=O)c4ccccc4C3=O)c2c1.Cc1ccn2nnc(CO)c2c1.O=C1NC(=O)c2ccccc21. The minimum atomic E-state index is -0.300. The van der Waals surface area contributed by atoms with Gasteiger partial charge in [-0.25, -0.2) is 9.03 Å². The van der Waals surface area contributed by atoms with E-state index in [0.717, 1.165) is 22.2 Å². The highest BCUT2D eigenvalue weighted by Crippen LogP contribution is 2.25. The number of benzene rings is 2. The van der Waals surface area contributed by atoms with Crippen LogP contribution in [0.25, 0.3) is 11.0 Å². The van der Waals surface area contributed by atoms with Gasteiger partial charge in [0, 0.05) is 12.4 Å². The molecule has 0 aliphatic carbocycles. The molecule has 0 spiro atoms. The Morgan fingerprint density at radius 1 is 0.652 bits per heavy atom. The van der Waals surface area contributed by atoms with E-state index in [0.29, 0.717) is 33.6 Å². The Hall–Kier alpha value is -6.08. The maximum Gasteiger partial charge on any atom is 0.261 e. The standard InChI is InChI=1S/C16H12N4O2.C8H9N3O.C8H5NO2.CH4/c1-10-6-7-20-14(8-10)13(17-18-20)9-19-15(21)11-4-2-3-5-12(11)16(19)22;1-6-2-3-11-8(4-6)7(5-12)9-10-11;10-7-5-3-1-2-4-6(5)8(11)9-7;/h2-8H,9H2,1H3;2-4,12H,5H2,1H3;1-4H,(H,9,10,11);1H4. The fourth-order valence-corrected chi connectivity index (χ4v) is 4.97. The highest BCUT2D eigenvalue weighted by molar-refractivity contribution is 6.22. The molecular weight excluding hydrogens is 588 g/mol. The zero-order chi connectivity index (χ0) is 31.7. The third-order valence-electron chi connectivity index (χ3n) is 7.27. The molecule has 13 nitrogen and oxygen atoms in total. The van der Waals surface area contributed by atoms with Crippen LogP contribution >= 0.6 is 0 Å². The van der Waals surface area contributed by atoms with E-state index in [2.05, 4.69) is 25.9 Å². The number of aliphatic hydroxyl groups is 1. The maximum atomic E-state index is 12.4. The van der Waals surface area contributed by atoms with Gasteiger partial charge in [0.15, 0.2) is 0 Å². The lowest BCUT2D eigenvalue weighted by molar-refractivity contribution is 0.0640. The minimum absolute atomic E-state index is 0. The average molecular weight is 619 g/mol. The molecular formula is C33H30N8O5. The first-order chi connectivity index (χ1) is 21.7. The van der Waals surface area contributed by atoms with Crippen molar-refractivity contribution in [3.63, 3.8) is 0 Å². The lowest BCUT2D eigenvalue weighted by atomic mass is 10.1. The van der Waals surface area contributed by atoms with Crippen LogP contribution in [-0.2, 0) is 13.2 Å². The topological polar surface area (TPSA) is 164 Å². The van der Waals surface area contributed by atoms with Crippen molar-refractivity contribution in [2.24, 2.45) is 0 Å². The van der Waals surface area contributed by atoms with Crippen LogP contribution in [-0.4, -0.2) is 63.3 Å². The molecule has 13 heteroatoms. The van der Waals surface area contributed by atoms with Gasteiger partial charge < -0.3 is 5.11 Å². The van der Waals surface area contributed by atoms with Gasteiger partial charge in [-0.05, 0) is 73.5 Å². The molecule has 4 aromatic heterocycles. The number of nitrogens with zero attached hydrogens (tertiary/aromatic N) is 7. The number of amides is 4. The number of nitrogens with one attached hydrogen (secondary N) is 1. The van der Waals surface area contributed by atoms with E-state index < -0.39 is 0 Å². The quantitative estimate of drug-likeness (QED) is 0.282. The number of rotatable bonds is 3. The molecule has 0 radical (unpaired) electrons. The normalized spacial score (nSPS) is 13.0. The van der Waals surface area contributed by atoms with Crippen molar-refractivity contribution in [2.75, 3.05) is 0 Å². The zero-order valence-electron chi connectivity index (χ0n) is 24.2. The Kier molecular flexibility index (Phi) is 8.78. The summed E-state index contributed by atoms with van der Waals surface area (Å²) in [5.74, 6) is -1.17. The van der Waals surface area contributed by atoms with Crippen molar-refractivity contribution in [3.8, 4) is 0 Å². The van der Waals surface area contributed by atoms with Gasteiger partial charge in [-0.3, -0.25) is 29.4 Å². The van der Waals surface area contributed by atoms with Gasteiger partial charge in [0.1, 0.15) is 11.4 Å². The van der Waals surface area contributed by atoms with Gasteiger partial charge in [0.2, 0.25) is 0 Å². The number of hydrogen-bond acceptors (Lipinski definition) is 9. The first-order valence-electron chi connectivity index (χ1n) is 13.9. The van der Waals surface area contributed by atoms with Gasteiger partial charge in [-0.15, -0.1) is 10.2 Å². The Labute approximate surface area is 263 Å². The number of aryl methyl sites for hydroxylation is 2. The largest absolute Gasteiger partial charge is 0.390 e. The highest BCUT2D eigenvalue weighted by atomic mass is 16.3. The fourth-order valence-electron chi connectivity index (χ4n) is 4.97. The number of fused-ring (bicyclic) bond motifs is 4. The predicted octanol–water partition coefficient (Wildman–Crippen LogP) is 3.57. The summed E-state index contributed by atoms with van der Waals surface area (Å²) in [4.78, 5) is 47.9. The Balaban J connectivity index is 0.000000147. The molecule has 2 aliphatic rings. The van der Waals surface area contributed by atoms with Crippen molar-refractivity contribution < 1.29 is 24.3 Å².